The van der Waals surface area contributed by atoms with Gasteiger partial charge in [0, 0.05) is 13.6 Å². The highest BCUT2D eigenvalue weighted by Gasteiger charge is 2.33. The van der Waals surface area contributed by atoms with Crippen LogP contribution >= 0.6 is 12.4 Å². The molecule has 1 atom stereocenters. The van der Waals surface area contributed by atoms with E-state index in [2.05, 4.69) is 4.74 Å². The van der Waals surface area contributed by atoms with Gasteiger partial charge >= 0.3 is 6.36 Å². The molecule has 2 rings (SSSR count). The summed E-state index contributed by atoms with van der Waals surface area (Å²) in [4.78, 5) is 14.0. The fourth-order valence-electron chi connectivity index (χ4n) is 2.49. The standard InChI is InChI=1S/C18H19F3N2O2.ClH/c1-17(22,14-8-4-3-5-9-14)16(24)23(2)12-13-7-6-10-15(11-13)25-18(19,20)21;/h3-11H,12,22H2,1-2H3;1H. The molecule has 26 heavy (non-hydrogen) atoms. The minimum absolute atomic E-state index is 0. The Morgan fingerprint density at radius 1 is 1.12 bits per heavy atom. The highest BCUT2D eigenvalue weighted by atomic mass is 35.5. The normalized spacial score (nSPS) is 13.3. The number of halogens is 4. The van der Waals surface area contributed by atoms with E-state index < -0.39 is 11.9 Å². The van der Waals surface area contributed by atoms with E-state index in [0.717, 1.165) is 0 Å². The van der Waals surface area contributed by atoms with E-state index in [1.807, 2.05) is 6.07 Å². The van der Waals surface area contributed by atoms with Crippen molar-refractivity contribution < 1.29 is 22.7 Å². The van der Waals surface area contributed by atoms with Crippen LogP contribution in [0.1, 0.15) is 18.1 Å². The number of rotatable bonds is 5. The number of carbonyl (C=O) groups excluding carboxylic acids is 1. The van der Waals surface area contributed by atoms with Gasteiger partial charge in [-0.25, -0.2) is 0 Å². The molecule has 0 saturated heterocycles. The number of ether oxygens (including phenoxy) is 1. The van der Waals surface area contributed by atoms with E-state index in [1.165, 1.54) is 23.1 Å². The SMILES string of the molecule is CN(Cc1cccc(OC(F)(F)F)c1)C(=O)C(C)(N)c1ccccc1.Cl. The van der Waals surface area contributed by atoms with Crippen LogP contribution in [0.25, 0.3) is 0 Å². The fraction of sp³-hybridized carbons (Fsp3) is 0.278. The zero-order valence-electron chi connectivity index (χ0n) is 14.3. The summed E-state index contributed by atoms with van der Waals surface area (Å²) >= 11 is 0. The molecular weight excluding hydrogens is 369 g/mol. The van der Waals surface area contributed by atoms with E-state index in [0.29, 0.717) is 11.1 Å². The average Bonchev–Trinajstić information content (AvgIpc) is 2.53. The molecule has 1 amide bonds. The van der Waals surface area contributed by atoms with E-state index >= 15 is 0 Å². The van der Waals surface area contributed by atoms with Gasteiger partial charge in [0.25, 0.3) is 0 Å². The highest BCUT2D eigenvalue weighted by Crippen LogP contribution is 2.25. The number of nitrogens with two attached hydrogens (primary N) is 1. The van der Waals surface area contributed by atoms with Crippen LogP contribution in [0.2, 0.25) is 0 Å². The molecule has 2 aromatic carbocycles. The van der Waals surface area contributed by atoms with Gasteiger partial charge in [-0.1, -0.05) is 42.5 Å². The molecule has 0 fully saturated rings. The van der Waals surface area contributed by atoms with Crippen LogP contribution in [-0.2, 0) is 16.9 Å². The predicted octanol–water partition coefficient (Wildman–Crippen LogP) is 3.84. The minimum atomic E-state index is -4.76. The monoisotopic (exact) mass is 388 g/mol. The molecule has 1 unspecified atom stereocenters. The van der Waals surface area contributed by atoms with Gasteiger partial charge in [0.2, 0.25) is 5.91 Å². The van der Waals surface area contributed by atoms with Crippen molar-refractivity contribution in [1.82, 2.24) is 4.90 Å². The zero-order chi connectivity index (χ0) is 18.7. The van der Waals surface area contributed by atoms with E-state index in [4.69, 9.17) is 5.73 Å². The number of alkyl halides is 3. The molecule has 0 saturated carbocycles. The zero-order valence-corrected chi connectivity index (χ0v) is 15.1. The predicted molar refractivity (Wildman–Crippen MR) is 94.8 cm³/mol. The second-order valence-corrected chi connectivity index (χ2v) is 5.92. The maximum absolute atomic E-state index is 12.7. The third kappa shape index (κ3) is 5.64. The summed E-state index contributed by atoms with van der Waals surface area (Å²) < 4.78 is 40.8. The number of benzene rings is 2. The molecule has 2 aromatic rings. The second kappa shape index (κ2) is 8.42. The van der Waals surface area contributed by atoms with Crippen LogP contribution in [0.5, 0.6) is 5.75 Å². The lowest BCUT2D eigenvalue weighted by Crippen LogP contribution is -2.49. The van der Waals surface area contributed by atoms with Crippen molar-refractivity contribution in [1.29, 1.82) is 0 Å². The van der Waals surface area contributed by atoms with Gasteiger partial charge in [0.15, 0.2) is 0 Å². The van der Waals surface area contributed by atoms with Gasteiger partial charge in [-0.3, -0.25) is 4.79 Å². The maximum atomic E-state index is 12.7. The molecule has 0 spiro atoms. The number of amides is 1. The Hall–Kier alpha value is -2.25. The summed E-state index contributed by atoms with van der Waals surface area (Å²) in [5.41, 5.74) is 6.10. The number of likely N-dealkylation sites (N-methyl/N-ethyl adjacent to an activating group) is 1. The Morgan fingerprint density at radius 2 is 1.73 bits per heavy atom. The van der Waals surface area contributed by atoms with E-state index in [1.54, 1.807) is 44.3 Å². The summed E-state index contributed by atoms with van der Waals surface area (Å²) in [7, 11) is 1.55. The van der Waals surface area contributed by atoms with Gasteiger partial charge < -0.3 is 15.4 Å². The van der Waals surface area contributed by atoms with E-state index in [-0.39, 0.29) is 30.6 Å². The largest absolute Gasteiger partial charge is 0.573 e. The minimum Gasteiger partial charge on any atom is -0.406 e. The second-order valence-electron chi connectivity index (χ2n) is 5.92. The molecule has 4 nitrogen and oxygen atoms in total. The van der Waals surface area contributed by atoms with Gasteiger partial charge in [-0.05, 0) is 30.2 Å². The Labute approximate surface area is 156 Å². The van der Waals surface area contributed by atoms with Gasteiger partial charge in [0.1, 0.15) is 11.3 Å². The van der Waals surface area contributed by atoms with Crippen LogP contribution < -0.4 is 10.5 Å². The molecule has 0 aliphatic heterocycles. The Bertz CT molecular complexity index is 737. The lowest BCUT2D eigenvalue weighted by Gasteiger charge is -2.29. The van der Waals surface area contributed by atoms with Crippen LogP contribution in [0.4, 0.5) is 13.2 Å². The first kappa shape index (κ1) is 21.8. The Kier molecular flexibility index (Phi) is 7.06. The Balaban J connectivity index is 0.00000338. The van der Waals surface area contributed by atoms with Crippen molar-refractivity contribution in [3.8, 4) is 5.75 Å². The molecule has 0 aliphatic rings. The number of nitrogens with zero attached hydrogens (tertiary/aromatic N) is 1. The summed E-state index contributed by atoms with van der Waals surface area (Å²) in [6.07, 6.45) is -4.76. The van der Waals surface area contributed by atoms with Crippen LogP contribution in [-0.4, -0.2) is 24.2 Å². The van der Waals surface area contributed by atoms with Crippen LogP contribution in [0.3, 0.4) is 0 Å². The van der Waals surface area contributed by atoms with Crippen molar-refractivity contribution in [2.75, 3.05) is 7.05 Å². The summed E-state index contributed by atoms with van der Waals surface area (Å²) in [5, 5.41) is 0. The number of hydrogen-bond donors (Lipinski definition) is 1. The number of carbonyl (C=O) groups is 1. The highest BCUT2D eigenvalue weighted by molar-refractivity contribution is 5.86. The first-order chi connectivity index (χ1) is 11.6. The average molecular weight is 389 g/mol. The van der Waals surface area contributed by atoms with Crippen LogP contribution in [0, 0.1) is 0 Å². The maximum Gasteiger partial charge on any atom is 0.573 e. The topological polar surface area (TPSA) is 55.6 Å². The molecule has 0 aliphatic carbocycles. The van der Waals surface area contributed by atoms with Crippen molar-refractivity contribution in [3.63, 3.8) is 0 Å². The Morgan fingerprint density at radius 3 is 2.31 bits per heavy atom. The van der Waals surface area contributed by atoms with Crippen LogP contribution in [0.15, 0.2) is 54.6 Å². The smallest absolute Gasteiger partial charge is 0.406 e. The summed E-state index contributed by atoms with van der Waals surface area (Å²) in [6.45, 7) is 1.71. The first-order valence-electron chi connectivity index (χ1n) is 7.54. The summed E-state index contributed by atoms with van der Waals surface area (Å²) in [5.74, 6) is -0.676. The molecule has 0 aromatic heterocycles. The quantitative estimate of drug-likeness (QED) is 0.846. The van der Waals surface area contributed by atoms with Crippen molar-refractivity contribution in [2.45, 2.75) is 25.4 Å². The van der Waals surface area contributed by atoms with Crippen molar-refractivity contribution in [2.24, 2.45) is 5.73 Å². The van der Waals surface area contributed by atoms with Gasteiger partial charge in [-0.15, -0.1) is 25.6 Å². The van der Waals surface area contributed by atoms with Crippen molar-refractivity contribution in [3.05, 3.63) is 65.7 Å². The number of hydrogen-bond acceptors (Lipinski definition) is 3. The lowest BCUT2D eigenvalue weighted by atomic mass is 9.91. The lowest BCUT2D eigenvalue weighted by molar-refractivity contribution is -0.274. The first-order valence-corrected chi connectivity index (χ1v) is 7.54. The third-order valence-corrected chi connectivity index (χ3v) is 3.72. The summed E-state index contributed by atoms with van der Waals surface area (Å²) in [6, 6.07) is 14.4. The molecule has 0 radical (unpaired) electrons. The van der Waals surface area contributed by atoms with Gasteiger partial charge in [-0.2, -0.15) is 0 Å². The molecule has 8 heteroatoms. The third-order valence-electron chi connectivity index (χ3n) is 3.72. The van der Waals surface area contributed by atoms with Crippen molar-refractivity contribution >= 4 is 18.3 Å². The molecular formula is C18H20ClF3N2O2. The molecule has 0 heterocycles. The molecule has 142 valence electrons. The van der Waals surface area contributed by atoms with E-state index in [9.17, 15) is 18.0 Å². The van der Waals surface area contributed by atoms with Gasteiger partial charge in [0.05, 0.1) is 0 Å². The molecule has 0 bridgehead atoms. The molecule has 2 N–H and O–H groups in total. The fourth-order valence-corrected chi connectivity index (χ4v) is 2.49.